The number of nitrogens with zero attached hydrogens (tertiary/aromatic N) is 1. The summed E-state index contributed by atoms with van der Waals surface area (Å²) < 4.78 is 21.5. The van der Waals surface area contributed by atoms with Crippen LogP contribution in [0.15, 0.2) is 24.3 Å². The van der Waals surface area contributed by atoms with Crippen molar-refractivity contribution in [2.24, 2.45) is 0 Å². The number of rotatable bonds is 16. The Balaban J connectivity index is 0.00000544. The van der Waals surface area contributed by atoms with E-state index in [0.717, 1.165) is 17.7 Å². The molecule has 1 amide bonds. The zero-order valence-electron chi connectivity index (χ0n) is 20.1. The van der Waals surface area contributed by atoms with Gasteiger partial charge < -0.3 is 25.6 Å². The van der Waals surface area contributed by atoms with Crippen LogP contribution < -0.4 is 10.9 Å². The molecule has 5 N–H and O–H groups in total. The number of phosphoric acid groups is 1. The van der Waals surface area contributed by atoms with Crippen LogP contribution in [0.5, 0.6) is 5.75 Å². The van der Waals surface area contributed by atoms with E-state index >= 15 is 0 Å². The van der Waals surface area contributed by atoms with E-state index in [2.05, 4.69) is 6.92 Å². The number of ether oxygens (including phenoxy) is 1. The van der Waals surface area contributed by atoms with E-state index in [1.54, 1.807) is 4.90 Å². The predicted molar refractivity (Wildman–Crippen MR) is 131 cm³/mol. The Morgan fingerprint density at radius 2 is 1.76 bits per heavy atom. The van der Waals surface area contributed by atoms with E-state index in [4.69, 9.17) is 19.0 Å². The molecule has 33 heavy (non-hydrogen) atoms. The van der Waals surface area contributed by atoms with Crippen molar-refractivity contribution in [2.75, 3.05) is 19.7 Å². The molecule has 1 atom stereocenters. The number of phosphoric ester groups is 1. The molecule has 8 nitrogen and oxygen atoms in total. The fourth-order valence-electron chi connectivity index (χ4n) is 4.04. The number of carbonyl (C=O) groups excluding carboxylic acids is 1. The number of carbonyl (C=O) groups is 1. The molecule has 0 bridgehead atoms. The normalized spacial score (nSPS) is 16.0. The highest BCUT2D eigenvalue weighted by Crippen LogP contribution is 2.39. The van der Waals surface area contributed by atoms with Crippen molar-refractivity contribution in [1.82, 2.24) is 11.1 Å². The van der Waals surface area contributed by atoms with Crippen molar-refractivity contribution in [2.45, 2.75) is 90.1 Å². The van der Waals surface area contributed by atoms with Crippen LogP contribution in [0.4, 0.5) is 0 Å². The van der Waals surface area contributed by atoms with Crippen LogP contribution in [-0.4, -0.2) is 46.4 Å². The molecule has 1 heterocycles. The lowest BCUT2D eigenvalue weighted by Crippen LogP contribution is -2.30. The van der Waals surface area contributed by atoms with Gasteiger partial charge in [0.2, 0.25) is 5.91 Å². The van der Waals surface area contributed by atoms with Crippen LogP contribution in [0, 0.1) is 0 Å². The van der Waals surface area contributed by atoms with Crippen LogP contribution in [-0.2, 0) is 20.3 Å². The summed E-state index contributed by atoms with van der Waals surface area (Å²) >= 11 is 0. The topological polar surface area (TPSA) is 131 Å². The highest BCUT2D eigenvalue weighted by Gasteiger charge is 2.31. The second-order valence-corrected chi connectivity index (χ2v) is 9.86. The van der Waals surface area contributed by atoms with Crippen molar-refractivity contribution >= 4 is 13.7 Å². The molecule has 0 aromatic heterocycles. The minimum atomic E-state index is -4.52. The zero-order valence-corrected chi connectivity index (χ0v) is 21.0. The molecule has 2 rings (SSSR count). The van der Waals surface area contributed by atoms with Crippen molar-refractivity contribution in [3.8, 4) is 5.75 Å². The number of hydrogen-bond acceptors (Lipinski definition) is 5. The molecule has 1 unspecified atom stereocenters. The van der Waals surface area contributed by atoms with Gasteiger partial charge in [0.25, 0.3) is 0 Å². The molecule has 1 aliphatic rings. The van der Waals surface area contributed by atoms with Crippen LogP contribution in [0.2, 0.25) is 0 Å². The highest BCUT2D eigenvalue weighted by atomic mass is 31.2. The van der Waals surface area contributed by atoms with Gasteiger partial charge in [-0.3, -0.25) is 9.32 Å². The summed E-state index contributed by atoms with van der Waals surface area (Å²) in [6.45, 7) is 3.65. The summed E-state index contributed by atoms with van der Waals surface area (Å²) in [5.74, 6) is 0.814. The number of benzene rings is 1. The third kappa shape index (κ3) is 13.1. The third-order valence-electron chi connectivity index (χ3n) is 5.83. The predicted octanol–water partition coefficient (Wildman–Crippen LogP) is 5.40. The van der Waals surface area contributed by atoms with Crippen molar-refractivity contribution < 1.29 is 28.4 Å². The number of likely N-dealkylation sites (tertiary alicyclic amines) is 1. The lowest BCUT2D eigenvalue weighted by atomic mass is 10.1. The van der Waals surface area contributed by atoms with Gasteiger partial charge in [-0.15, -0.1) is 0 Å². The van der Waals surface area contributed by atoms with Crippen molar-refractivity contribution in [3.63, 3.8) is 0 Å². The smallest absolute Gasteiger partial charge is 0.469 e. The van der Waals surface area contributed by atoms with Gasteiger partial charge in [0.1, 0.15) is 5.75 Å². The minimum Gasteiger partial charge on any atom is -0.494 e. The van der Waals surface area contributed by atoms with Crippen LogP contribution in [0.3, 0.4) is 0 Å². The van der Waals surface area contributed by atoms with Gasteiger partial charge in [-0.05, 0) is 37.0 Å². The summed E-state index contributed by atoms with van der Waals surface area (Å²) in [5, 5.41) is 0. The Hall–Kier alpha value is -1.44. The first-order valence-electron chi connectivity index (χ1n) is 12.1. The molecule has 0 aliphatic carbocycles. The van der Waals surface area contributed by atoms with E-state index < -0.39 is 13.9 Å². The fraction of sp³-hybridized carbons (Fsp3) is 0.708. The van der Waals surface area contributed by atoms with E-state index in [1.165, 1.54) is 51.4 Å². The molecular weight excluding hydrogens is 443 g/mol. The molecule has 0 spiro atoms. The first-order chi connectivity index (χ1) is 15.4. The molecule has 1 aliphatic heterocycles. The Bertz CT molecular complexity index is 727. The van der Waals surface area contributed by atoms with E-state index in [1.807, 2.05) is 24.3 Å². The second-order valence-electron chi connectivity index (χ2n) is 8.67. The van der Waals surface area contributed by atoms with E-state index in [-0.39, 0.29) is 18.6 Å². The average Bonchev–Trinajstić information content (AvgIpc) is 3.20. The van der Waals surface area contributed by atoms with Gasteiger partial charge in [0, 0.05) is 19.5 Å². The van der Waals surface area contributed by atoms with Gasteiger partial charge in [-0.1, -0.05) is 70.4 Å². The summed E-state index contributed by atoms with van der Waals surface area (Å²) in [4.78, 5) is 31.9. The van der Waals surface area contributed by atoms with E-state index in [0.29, 0.717) is 32.4 Å². The van der Waals surface area contributed by atoms with Crippen molar-refractivity contribution in [1.29, 1.82) is 0 Å². The molecule has 1 aromatic rings. The molecule has 1 aromatic carbocycles. The van der Waals surface area contributed by atoms with Crippen LogP contribution >= 0.6 is 7.82 Å². The first-order valence-corrected chi connectivity index (χ1v) is 13.6. The highest BCUT2D eigenvalue weighted by molar-refractivity contribution is 7.46. The van der Waals surface area contributed by atoms with Crippen LogP contribution in [0.25, 0.3) is 0 Å². The lowest BCUT2D eigenvalue weighted by Gasteiger charge is -2.17. The molecule has 1 saturated heterocycles. The van der Waals surface area contributed by atoms with Crippen LogP contribution in [0.1, 0.15) is 83.1 Å². The molecule has 9 heteroatoms. The quantitative estimate of drug-likeness (QED) is 0.210. The second kappa shape index (κ2) is 16.2. The van der Waals surface area contributed by atoms with Crippen molar-refractivity contribution in [3.05, 3.63) is 29.8 Å². The number of unbranched alkanes of at least 4 members (excludes halogenated alkanes) is 8. The lowest BCUT2D eigenvalue weighted by molar-refractivity contribution is -0.130. The maximum absolute atomic E-state index is 12.4. The molecule has 1 fully saturated rings. The maximum atomic E-state index is 12.4. The Labute approximate surface area is 198 Å². The van der Waals surface area contributed by atoms with Gasteiger partial charge in [0.05, 0.1) is 12.7 Å². The zero-order chi connectivity index (χ0) is 23.2. The Morgan fingerprint density at radius 3 is 2.42 bits per heavy atom. The number of amides is 1. The summed E-state index contributed by atoms with van der Waals surface area (Å²) in [6.07, 6.45) is 12.4. The SMILES string of the molecule is CCCCCCCCCCCOc1cccc(CCC(=O)N2CCC(OP(=O)(O)O)C2)c1.N. The third-order valence-corrected chi connectivity index (χ3v) is 6.40. The largest absolute Gasteiger partial charge is 0.494 e. The molecule has 190 valence electrons. The van der Waals surface area contributed by atoms with E-state index in [9.17, 15) is 9.36 Å². The number of aryl methyl sites for hydroxylation is 1. The minimum absolute atomic E-state index is 0. The summed E-state index contributed by atoms with van der Waals surface area (Å²) in [5.41, 5.74) is 1.05. The Kier molecular flexibility index (Phi) is 14.6. The number of hydrogen-bond donors (Lipinski definition) is 3. The van der Waals surface area contributed by atoms with Gasteiger partial charge in [-0.2, -0.15) is 0 Å². The van der Waals surface area contributed by atoms with Gasteiger partial charge in [-0.25, -0.2) is 4.57 Å². The first kappa shape index (κ1) is 29.6. The monoisotopic (exact) mass is 486 g/mol. The standard InChI is InChI=1S/C24H40NO6P.H3N/c1-2-3-4-5-6-7-8-9-10-18-30-22-13-11-12-21(19-22)14-15-24(26)25-17-16-23(20-25)31-32(27,28)29;/h11-13,19,23H,2-10,14-18,20H2,1H3,(H2,27,28,29);1H3. The maximum Gasteiger partial charge on any atom is 0.469 e. The summed E-state index contributed by atoms with van der Waals surface area (Å²) in [7, 11) is -4.52. The summed E-state index contributed by atoms with van der Waals surface area (Å²) in [6, 6.07) is 7.88. The molecular formula is C24H43N2O6P. The Morgan fingerprint density at radius 1 is 1.09 bits per heavy atom. The van der Waals surface area contributed by atoms with Gasteiger partial charge >= 0.3 is 7.82 Å². The average molecular weight is 487 g/mol. The van der Waals surface area contributed by atoms with Gasteiger partial charge in [0.15, 0.2) is 0 Å². The molecule has 0 saturated carbocycles. The fourth-order valence-corrected chi connectivity index (χ4v) is 4.60. The molecule has 0 radical (unpaired) electrons.